The molecule has 158 valence electrons. The maximum Gasteiger partial charge on any atom is 0.307 e. The molecule has 0 aliphatic rings. The number of benzene rings is 2. The van der Waals surface area contributed by atoms with Gasteiger partial charge in [-0.05, 0) is 37.6 Å². The fourth-order valence-corrected chi connectivity index (χ4v) is 4.17. The first-order chi connectivity index (χ1) is 13.8. The van der Waals surface area contributed by atoms with Crippen molar-refractivity contribution in [2.75, 3.05) is 20.3 Å². The van der Waals surface area contributed by atoms with Crippen molar-refractivity contribution < 1.29 is 27.4 Å². The van der Waals surface area contributed by atoms with Gasteiger partial charge < -0.3 is 14.2 Å². The van der Waals surface area contributed by atoms with Crippen molar-refractivity contribution in [2.45, 2.75) is 31.2 Å². The number of esters is 1. The second kappa shape index (κ2) is 10.5. The summed E-state index contributed by atoms with van der Waals surface area (Å²) in [6.07, 6.45) is -0.213. The third kappa shape index (κ3) is 6.09. The lowest BCUT2D eigenvalue weighted by atomic mass is 10.1. The Hall–Kier alpha value is -2.29. The Morgan fingerprint density at radius 2 is 1.72 bits per heavy atom. The van der Waals surface area contributed by atoms with Crippen LogP contribution in [0.15, 0.2) is 47.4 Å². The zero-order valence-corrected chi connectivity index (χ0v) is 18.0. The quantitative estimate of drug-likeness (QED) is 0.565. The van der Waals surface area contributed by atoms with Gasteiger partial charge in [0.1, 0.15) is 0 Å². The molecular formula is C20H24ClNO6S. The molecule has 0 aliphatic heterocycles. The lowest BCUT2D eigenvalue weighted by molar-refractivity contribution is -0.141. The zero-order valence-electron chi connectivity index (χ0n) is 16.5. The molecule has 0 bridgehead atoms. The van der Waals surface area contributed by atoms with E-state index >= 15 is 0 Å². The summed E-state index contributed by atoms with van der Waals surface area (Å²) in [5.74, 6) is 0.198. The molecule has 0 spiro atoms. The monoisotopic (exact) mass is 441 g/mol. The molecule has 0 saturated carbocycles. The second-order valence-corrected chi connectivity index (χ2v) is 8.07. The van der Waals surface area contributed by atoms with Crippen LogP contribution in [0.25, 0.3) is 0 Å². The Bertz CT molecular complexity index is 948. The first-order valence-corrected chi connectivity index (χ1v) is 10.9. The molecule has 0 radical (unpaired) electrons. The molecule has 0 amide bonds. The van der Waals surface area contributed by atoms with Crippen LogP contribution in [0.1, 0.15) is 31.9 Å². The molecule has 2 aromatic carbocycles. The summed E-state index contributed by atoms with van der Waals surface area (Å²) in [6.45, 7) is 4.38. The van der Waals surface area contributed by atoms with Gasteiger partial charge >= 0.3 is 5.97 Å². The number of sulfonamides is 1. The average Bonchev–Trinajstić information content (AvgIpc) is 2.69. The van der Waals surface area contributed by atoms with Gasteiger partial charge in [0.2, 0.25) is 10.0 Å². The molecule has 29 heavy (non-hydrogen) atoms. The van der Waals surface area contributed by atoms with Gasteiger partial charge in [0.25, 0.3) is 0 Å². The lowest BCUT2D eigenvalue weighted by Crippen LogP contribution is -2.30. The van der Waals surface area contributed by atoms with Crippen LogP contribution >= 0.6 is 11.6 Å². The van der Waals surface area contributed by atoms with Crippen LogP contribution in [0.2, 0.25) is 5.02 Å². The first kappa shape index (κ1) is 23.0. The number of hydrogen-bond donors (Lipinski definition) is 1. The van der Waals surface area contributed by atoms with Gasteiger partial charge in [0.15, 0.2) is 11.5 Å². The summed E-state index contributed by atoms with van der Waals surface area (Å²) in [4.78, 5) is 11.8. The van der Waals surface area contributed by atoms with Gasteiger partial charge in [-0.2, -0.15) is 0 Å². The molecular weight excluding hydrogens is 418 g/mol. The fourth-order valence-electron chi connectivity index (χ4n) is 2.68. The van der Waals surface area contributed by atoms with E-state index in [9.17, 15) is 13.2 Å². The van der Waals surface area contributed by atoms with Gasteiger partial charge in [-0.3, -0.25) is 4.79 Å². The van der Waals surface area contributed by atoms with Crippen LogP contribution in [-0.2, 0) is 19.6 Å². The summed E-state index contributed by atoms with van der Waals surface area (Å²) in [6, 6.07) is 10.1. The van der Waals surface area contributed by atoms with Crippen LogP contribution in [-0.4, -0.2) is 34.7 Å². The molecule has 1 N–H and O–H groups in total. The Labute approximate surface area is 176 Å². The van der Waals surface area contributed by atoms with Gasteiger partial charge in [-0.15, -0.1) is 0 Å². The highest BCUT2D eigenvalue weighted by molar-refractivity contribution is 7.89. The molecule has 2 aromatic rings. The summed E-state index contributed by atoms with van der Waals surface area (Å²) in [5, 5.41) is 0.339. The maximum atomic E-state index is 13.0. The fraction of sp³-hybridized carbons (Fsp3) is 0.350. The van der Waals surface area contributed by atoms with Crippen molar-refractivity contribution in [3.8, 4) is 11.5 Å². The molecule has 1 atom stereocenters. The summed E-state index contributed by atoms with van der Waals surface area (Å²) >= 11 is 6.22. The predicted molar refractivity (Wildman–Crippen MR) is 110 cm³/mol. The number of ether oxygens (including phenoxy) is 3. The summed E-state index contributed by atoms with van der Waals surface area (Å²) in [5.41, 5.74) is 0.471. The van der Waals surface area contributed by atoms with Gasteiger partial charge in [0, 0.05) is 11.1 Å². The van der Waals surface area contributed by atoms with E-state index in [0.717, 1.165) is 0 Å². The molecule has 9 heteroatoms. The minimum Gasteiger partial charge on any atom is -0.490 e. The Kier molecular flexibility index (Phi) is 8.31. The van der Waals surface area contributed by atoms with Crippen LogP contribution in [0.4, 0.5) is 0 Å². The largest absolute Gasteiger partial charge is 0.490 e. The van der Waals surface area contributed by atoms with Crippen molar-refractivity contribution in [3.05, 3.63) is 53.1 Å². The van der Waals surface area contributed by atoms with Crippen LogP contribution in [0, 0.1) is 0 Å². The van der Waals surface area contributed by atoms with Crippen molar-refractivity contribution in [1.82, 2.24) is 4.72 Å². The van der Waals surface area contributed by atoms with E-state index in [1.165, 1.54) is 25.3 Å². The number of carbonyl (C=O) groups excluding carboxylic acids is 1. The van der Waals surface area contributed by atoms with E-state index in [0.29, 0.717) is 35.3 Å². The highest BCUT2D eigenvalue weighted by atomic mass is 35.5. The third-order valence-electron chi connectivity index (χ3n) is 4.00. The highest BCUT2D eigenvalue weighted by Gasteiger charge is 2.26. The Morgan fingerprint density at radius 3 is 2.34 bits per heavy atom. The van der Waals surface area contributed by atoms with E-state index in [1.54, 1.807) is 31.2 Å². The van der Waals surface area contributed by atoms with E-state index in [-0.39, 0.29) is 11.3 Å². The minimum atomic E-state index is -4.00. The van der Waals surface area contributed by atoms with Gasteiger partial charge in [-0.1, -0.05) is 29.8 Å². The Morgan fingerprint density at radius 1 is 1.07 bits per heavy atom. The number of carbonyl (C=O) groups is 1. The highest BCUT2D eigenvalue weighted by Crippen LogP contribution is 2.32. The maximum absolute atomic E-state index is 13.0. The van der Waals surface area contributed by atoms with Crippen molar-refractivity contribution in [3.63, 3.8) is 0 Å². The number of methoxy groups -OCH3 is 1. The molecule has 7 nitrogen and oxygen atoms in total. The smallest absolute Gasteiger partial charge is 0.307 e. The topological polar surface area (TPSA) is 90.9 Å². The second-order valence-electron chi connectivity index (χ2n) is 5.95. The number of rotatable bonds is 10. The van der Waals surface area contributed by atoms with Crippen LogP contribution < -0.4 is 14.2 Å². The van der Waals surface area contributed by atoms with E-state index in [2.05, 4.69) is 4.72 Å². The van der Waals surface area contributed by atoms with Crippen molar-refractivity contribution in [1.29, 1.82) is 0 Å². The molecule has 0 fully saturated rings. The minimum absolute atomic E-state index is 0.0219. The summed E-state index contributed by atoms with van der Waals surface area (Å²) < 4.78 is 44.3. The first-order valence-electron chi connectivity index (χ1n) is 9.05. The normalized spacial score (nSPS) is 12.3. The van der Waals surface area contributed by atoms with Crippen molar-refractivity contribution >= 4 is 27.6 Å². The third-order valence-corrected chi connectivity index (χ3v) is 5.82. The SMILES string of the molecule is CCOc1ccc(S(=O)(=O)NC(CC(=O)OC)c2ccccc2Cl)cc1OCC. The van der Waals surface area contributed by atoms with Crippen LogP contribution in [0.3, 0.4) is 0 Å². The van der Waals surface area contributed by atoms with E-state index in [4.69, 9.17) is 25.8 Å². The van der Waals surface area contributed by atoms with Gasteiger partial charge in [0.05, 0.1) is 37.7 Å². The van der Waals surface area contributed by atoms with Crippen LogP contribution in [0.5, 0.6) is 11.5 Å². The molecule has 2 rings (SSSR count). The van der Waals surface area contributed by atoms with E-state index < -0.39 is 22.0 Å². The molecule has 0 aromatic heterocycles. The van der Waals surface area contributed by atoms with Gasteiger partial charge in [-0.25, -0.2) is 13.1 Å². The Balaban J connectivity index is 2.40. The average molecular weight is 442 g/mol. The number of halogens is 1. The number of nitrogens with one attached hydrogen (secondary N) is 1. The summed E-state index contributed by atoms with van der Waals surface area (Å²) in [7, 11) is -2.77. The molecule has 0 aliphatic carbocycles. The molecule has 0 saturated heterocycles. The molecule has 1 unspecified atom stereocenters. The lowest BCUT2D eigenvalue weighted by Gasteiger charge is -2.20. The zero-order chi connectivity index (χ0) is 21.4. The number of hydrogen-bond acceptors (Lipinski definition) is 6. The molecule has 0 heterocycles. The van der Waals surface area contributed by atoms with E-state index in [1.807, 2.05) is 6.92 Å². The van der Waals surface area contributed by atoms with Crippen molar-refractivity contribution in [2.24, 2.45) is 0 Å². The standard InChI is InChI=1S/C20H24ClNO6S/c1-4-27-18-11-10-14(12-19(18)28-5-2)29(24,25)22-17(13-20(23)26-3)15-8-6-7-9-16(15)21/h6-12,17,22H,4-5,13H2,1-3H3. The predicted octanol–water partition coefficient (Wildman–Crippen LogP) is 3.72.